The van der Waals surface area contributed by atoms with Crippen LogP contribution in [0.2, 0.25) is 0 Å². The molecule has 0 atom stereocenters. The first kappa shape index (κ1) is 16.3. The van der Waals surface area contributed by atoms with Crippen molar-refractivity contribution >= 4 is 17.7 Å². The zero-order valence-corrected chi connectivity index (χ0v) is 14.1. The van der Waals surface area contributed by atoms with Gasteiger partial charge in [-0.3, -0.25) is 4.79 Å². The highest BCUT2D eigenvalue weighted by molar-refractivity contribution is 7.99. The number of hydrogen-bond acceptors (Lipinski definition) is 7. The van der Waals surface area contributed by atoms with Crippen molar-refractivity contribution in [3.63, 3.8) is 0 Å². The third-order valence-electron chi connectivity index (χ3n) is 3.16. The number of aromatic nitrogens is 3. The number of thioether (sulfide) groups is 1. The van der Waals surface area contributed by atoms with Gasteiger partial charge in [0.25, 0.3) is 5.91 Å². The van der Waals surface area contributed by atoms with E-state index in [4.69, 9.17) is 9.05 Å². The van der Waals surface area contributed by atoms with Crippen LogP contribution in [0.1, 0.15) is 28.9 Å². The average Bonchev–Trinajstić information content (AvgIpc) is 3.22. The molecule has 0 saturated carbocycles. The highest BCUT2D eigenvalue weighted by Gasteiger charge is 2.15. The molecule has 0 aliphatic rings. The number of carbonyl (C=O) groups is 1. The lowest BCUT2D eigenvalue weighted by atomic mass is 10.2. The van der Waals surface area contributed by atoms with Crippen molar-refractivity contribution in [1.29, 1.82) is 0 Å². The second kappa shape index (κ2) is 7.31. The van der Waals surface area contributed by atoms with Gasteiger partial charge in [0.2, 0.25) is 11.7 Å². The summed E-state index contributed by atoms with van der Waals surface area (Å²) in [5.41, 5.74) is 1.13. The molecule has 7 nitrogen and oxygen atoms in total. The fourth-order valence-electron chi connectivity index (χ4n) is 2.09. The number of aryl methyl sites for hydroxylation is 1. The van der Waals surface area contributed by atoms with Crippen LogP contribution in [0.3, 0.4) is 0 Å². The molecule has 2 aromatic heterocycles. The molecule has 0 aliphatic heterocycles. The van der Waals surface area contributed by atoms with E-state index < -0.39 is 0 Å². The molecule has 1 aromatic carbocycles. The Morgan fingerprint density at radius 1 is 1.25 bits per heavy atom. The van der Waals surface area contributed by atoms with Gasteiger partial charge in [0.05, 0.1) is 12.1 Å². The van der Waals surface area contributed by atoms with Crippen molar-refractivity contribution in [1.82, 2.24) is 20.6 Å². The maximum Gasteiger partial charge on any atom is 0.252 e. The molecule has 0 radical (unpaired) electrons. The minimum absolute atomic E-state index is 0.147. The number of amides is 1. The summed E-state index contributed by atoms with van der Waals surface area (Å²) in [6.45, 7) is 3.97. The van der Waals surface area contributed by atoms with E-state index in [0.717, 1.165) is 10.6 Å². The first-order valence-corrected chi connectivity index (χ1v) is 8.42. The van der Waals surface area contributed by atoms with Gasteiger partial charge in [-0.25, -0.2) is 0 Å². The highest BCUT2D eigenvalue weighted by Crippen LogP contribution is 2.22. The van der Waals surface area contributed by atoms with E-state index in [-0.39, 0.29) is 12.5 Å². The van der Waals surface area contributed by atoms with Crippen LogP contribution in [0, 0.1) is 6.92 Å². The molecule has 2 heterocycles. The fraction of sp³-hybridized carbons (Fsp3) is 0.250. The van der Waals surface area contributed by atoms with Crippen LogP contribution >= 0.6 is 11.8 Å². The van der Waals surface area contributed by atoms with Crippen LogP contribution in [0.4, 0.5) is 0 Å². The summed E-state index contributed by atoms with van der Waals surface area (Å²) in [6.07, 6.45) is 0. The number of hydrogen-bond donors (Lipinski definition) is 1. The van der Waals surface area contributed by atoms with E-state index in [2.05, 4.69) is 20.6 Å². The number of nitrogens with one attached hydrogen (secondary N) is 1. The van der Waals surface area contributed by atoms with E-state index in [0.29, 0.717) is 28.7 Å². The lowest BCUT2D eigenvalue weighted by Crippen LogP contribution is -2.23. The van der Waals surface area contributed by atoms with E-state index >= 15 is 0 Å². The lowest BCUT2D eigenvalue weighted by molar-refractivity contribution is 0.0943. The van der Waals surface area contributed by atoms with Gasteiger partial charge in [0, 0.05) is 11.0 Å². The van der Waals surface area contributed by atoms with Crippen molar-refractivity contribution in [2.75, 3.05) is 5.75 Å². The smallest absolute Gasteiger partial charge is 0.252 e. The molecule has 3 rings (SSSR count). The van der Waals surface area contributed by atoms with E-state index in [1.807, 2.05) is 25.1 Å². The maximum absolute atomic E-state index is 12.4. The van der Waals surface area contributed by atoms with Gasteiger partial charge in [-0.15, -0.1) is 11.8 Å². The Morgan fingerprint density at radius 2 is 2.08 bits per heavy atom. The third kappa shape index (κ3) is 3.65. The monoisotopic (exact) mass is 344 g/mol. The number of benzene rings is 1. The van der Waals surface area contributed by atoms with Gasteiger partial charge in [0.15, 0.2) is 5.69 Å². The van der Waals surface area contributed by atoms with Crippen LogP contribution in [-0.4, -0.2) is 27.0 Å². The van der Waals surface area contributed by atoms with Gasteiger partial charge in [-0.2, -0.15) is 4.98 Å². The van der Waals surface area contributed by atoms with Gasteiger partial charge in [-0.05, 0) is 24.8 Å². The minimum atomic E-state index is -0.177. The molecule has 1 N–H and O–H groups in total. The largest absolute Gasteiger partial charge is 0.361 e. The van der Waals surface area contributed by atoms with Crippen molar-refractivity contribution in [3.05, 3.63) is 47.5 Å². The van der Waals surface area contributed by atoms with Gasteiger partial charge in [0.1, 0.15) is 5.76 Å². The predicted octanol–water partition coefficient (Wildman–Crippen LogP) is 3.08. The Morgan fingerprint density at radius 3 is 2.83 bits per heavy atom. The van der Waals surface area contributed by atoms with E-state index in [1.54, 1.807) is 30.8 Å². The van der Waals surface area contributed by atoms with Crippen LogP contribution in [0.5, 0.6) is 0 Å². The van der Waals surface area contributed by atoms with Gasteiger partial charge < -0.3 is 14.4 Å². The molecule has 3 aromatic rings. The molecule has 124 valence electrons. The zero-order valence-electron chi connectivity index (χ0n) is 13.3. The minimum Gasteiger partial charge on any atom is -0.361 e. The average molecular weight is 344 g/mol. The molecule has 0 unspecified atom stereocenters. The summed E-state index contributed by atoms with van der Waals surface area (Å²) >= 11 is 1.62. The summed E-state index contributed by atoms with van der Waals surface area (Å²) in [5, 5.41) is 10.4. The Balaban J connectivity index is 1.66. The molecule has 8 heteroatoms. The summed E-state index contributed by atoms with van der Waals surface area (Å²) in [4.78, 5) is 17.5. The molecule has 0 spiro atoms. The van der Waals surface area contributed by atoms with E-state index in [9.17, 15) is 4.79 Å². The van der Waals surface area contributed by atoms with Crippen molar-refractivity contribution < 1.29 is 13.8 Å². The summed E-state index contributed by atoms with van der Waals surface area (Å²) in [7, 11) is 0. The normalized spacial score (nSPS) is 10.8. The fourth-order valence-corrected chi connectivity index (χ4v) is 2.89. The highest BCUT2D eigenvalue weighted by atomic mass is 32.2. The maximum atomic E-state index is 12.4. The Hall–Kier alpha value is -2.61. The molecule has 1 amide bonds. The second-order valence-corrected chi connectivity index (χ2v) is 6.25. The lowest BCUT2D eigenvalue weighted by Gasteiger charge is -2.07. The summed E-state index contributed by atoms with van der Waals surface area (Å²) < 4.78 is 10.1. The van der Waals surface area contributed by atoms with Gasteiger partial charge >= 0.3 is 0 Å². The Bertz CT molecular complexity index is 843. The quantitative estimate of drug-likeness (QED) is 0.687. The molecule has 0 bridgehead atoms. The summed E-state index contributed by atoms with van der Waals surface area (Å²) in [6, 6.07) is 9.20. The molecule has 0 saturated heterocycles. The van der Waals surface area contributed by atoms with Crippen molar-refractivity contribution in [2.24, 2.45) is 0 Å². The van der Waals surface area contributed by atoms with Crippen molar-refractivity contribution in [2.45, 2.75) is 25.3 Å². The van der Waals surface area contributed by atoms with Crippen LogP contribution < -0.4 is 5.32 Å². The van der Waals surface area contributed by atoms with Gasteiger partial charge in [-0.1, -0.05) is 29.4 Å². The first-order chi connectivity index (χ1) is 11.7. The molecule has 0 aliphatic carbocycles. The predicted molar refractivity (Wildman–Crippen MR) is 88.5 cm³/mol. The molecule has 0 fully saturated rings. The number of rotatable bonds is 6. The number of nitrogens with zero attached hydrogens (tertiary/aromatic N) is 3. The standard InChI is InChI=1S/C16H16N4O3S/c1-3-24-13-7-5-4-6-11(13)16(21)17-9-14-18-15(20-23-14)12-8-10(2)22-19-12/h4-8H,3,9H2,1-2H3,(H,17,21). The van der Waals surface area contributed by atoms with Crippen LogP contribution in [0.25, 0.3) is 11.5 Å². The SMILES string of the molecule is CCSc1ccccc1C(=O)NCc1nc(-c2cc(C)on2)no1. The zero-order chi connectivity index (χ0) is 16.9. The van der Waals surface area contributed by atoms with Crippen LogP contribution in [-0.2, 0) is 6.54 Å². The number of carbonyl (C=O) groups excluding carboxylic acids is 1. The van der Waals surface area contributed by atoms with Crippen molar-refractivity contribution in [3.8, 4) is 11.5 Å². The molecular formula is C16H16N4O3S. The topological polar surface area (TPSA) is 94.1 Å². The second-order valence-electron chi connectivity index (χ2n) is 4.95. The van der Waals surface area contributed by atoms with Crippen LogP contribution in [0.15, 0.2) is 44.3 Å². The third-order valence-corrected chi connectivity index (χ3v) is 4.11. The summed E-state index contributed by atoms with van der Waals surface area (Å²) in [5.74, 6) is 2.02. The van der Waals surface area contributed by atoms with E-state index in [1.165, 1.54) is 0 Å². The molecule has 24 heavy (non-hydrogen) atoms. The molecular weight excluding hydrogens is 328 g/mol. The first-order valence-electron chi connectivity index (χ1n) is 7.43. The Kier molecular flexibility index (Phi) is 4.95. The Labute approximate surface area is 142 Å².